The largest absolute Gasteiger partial charge is 0.368 e. The van der Waals surface area contributed by atoms with Gasteiger partial charge >= 0.3 is 0 Å². The number of nitrogens with zero attached hydrogens (tertiary/aromatic N) is 4. The third-order valence-corrected chi connectivity index (χ3v) is 6.49. The Kier molecular flexibility index (Phi) is 4.70. The van der Waals surface area contributed by atoms with E-state index in [2.05, 4.69) is 43.2 Å². The van der Waals surface area contributed by atoms with Crippen LogP contribution in [0.2, 0.25) is 0 Å². The minimum absolute atomic E-state index is 0.0444. The number of fused-ring (bicyclic) bond motifs is 2. The molecule has 26 heavy (non-hydrogen) atoms. The van der Waals surface area contributed by atoms with E-state index in [4.69, 9.17) is 18.0 Å². The number of hydrogen-bond donors (Lipinski definition) is 3. The fraction of sp³-hybridized carbons (Fsp3) is 0.188. The van der Waals surface area contributed by atoms with Crippen molar-refractivity contribution in [2.75, 3.05) is 11.1 Å². The number of thioether (sulfide) groups is 1. The summed E-state index contributed by atoms with van der Waals surface area (Å²) >= 11 is 8.81. The van der Waals surface area contributed by atoms with Crippen molar-refractivity contribution in [1.82, 2.24) is 24.9 Å². The van der Waals surface area contributed by atoms with Gasteiger partial charge < -0.3 is 16.0 Å². The van der Waals surface area contributed by atoms with E-state index in [1.807, 2.05) is 17.6 Å². The van der Waals surface area contributed by atoms with Crippen LogP contribution in [-0.4, -0.2) is 35.2 Å². The SMILES string of the molecule is CC[C@@H](Sc1nc(N)nc2nc[nH]c12)C(=S)Nc1ccc2ncsc2c1. The maximum absolute atomic E-state index is 5.80. The molecule has 0 amide bonds. The Balaban J connectivity index is 1.55. The highest BCUT2D eigenvalue weighted by Crippen LogP contribution is 2.30. The molecule has 0 saturated heterocycles. The fourth-order valence-electron chi connectivity index (χ4n) is 2.52. The molecule has 0 bridgehead atoms. The molecule has 4 rings (SSSR count). The summed E-state index contributed by atoms with van der Waals surface area (Å²) < 4.78 is 1.13. The maximum atomic E-state index is 5.80. The third kappa shape index (κ3) is 3.35. The highest BCUT2D eigenvalue weighted by atomic mass is 32.2. The van der Waals surface area contributed by atoms with Crippen molar-refractivity contribution in [1.29, 1.82) is 0 Å². The Hall–Kier alpha value is -2.30. The van der Waals surface area contributed by atoms with Crippen LogP contribution in [0, 0.1) is 0 Å². The molecule has 0 aliphatic carbocycles. The predicted molar refractivity (Wildman–Crippen MR) is 112 cm³/mol. The highest BCUT2D eigenvalue weighted by Gasteiger charge is 2.19. The van der Waals surface area contributed by atoms with Crippen LogP contribution in [0.25, 0.3) is 21.4 Å². The Morgan fingerprint density at radius 2 is 2.27 bits per heavy atom. The van der Waals surface area contributed by atoms with Gasteiger partial charge in [-0.05, 0) is 24.6 Å². The van der Waals surface area contributed by atoms with Crippen LogP contribution in [0.4, 0.5) is 11.6 Å². The van der Waals surface area contributed by atoms with Crippen LogP contribution < -0.4 is 11.1 Å². The first-order valence-electron chi connectivity index (χ1n) is 7.91. The van der Waals surface area contributed by atoms with E-state index in [-0.39, 0.29) is 11.2 Å². The number of thiocarbonyl (C=S) groups is 1. The fourth-order valence-corrected chi connectivity index (χ4v) is 4.68. The van der Waals surface area contributed by atoms with E-state index >= 15 is 0 Å². The minimum Gasteiger partial charge on any atom is -0.368 e. The van der Waals surface area contributed by atoms with Crippen molar-refractivity contribution in [2.24, 2.45) is 0 Å². The van der Waals surface area contributed by atoms with Crippen LogP contribution >= 0.6 is 35.3 Å². The molecule has 4 N–H and O–H groups in total. The molecule has 0 saturated carbocycles. The van der Waals surface area contributed by atoms with Gasteiger partial charge in [0.2, 0.25) is 5.95 Å². The van der Waals surface area contributed by atoms with Crippen LogP contribution in [0.1, 0.15) is 13.3 Å². The topological polar surface area (TPSA) is 105 Å². The van der Waals surface area contributed by atoms with Crippen molar-refractivity contribution in [3.05, 3.63) is 30.0 Å². The van der Waals surface area contributed by atoms with E-state index in [0.29, 0.717) is 5.65 Å². The molecule has 132 valence electrons. The Labute approximate surface area is 162 Å². The van der Waals surface area contributed by atoms with Gasteiger partial charge in [0.25, 0.3) is 0 Å². The summed E-state index contributed by atoms with van der Waals surface area (Å²) in [6.45, 7) is 2.09. The zero-order chi connectivity index (χ0) is 18.1. The standard InChI is InChI=1S/C16H15N7S3/c1-2-10(26-15-12-13(19-6-18-12)22-16(17)23-15)14(24)21-8-3-4-9-11(5-8)25-7-20-9/h3-7,10H,2H2,1H3,(H,21,24)(H3,17,18,19,22,23)/t10-/m1/s1. The molecule has 0 spiro atoms. The number of thiazole rings is 1. The van der Waals surface area contributed by atoms with Crippen molar-refractivity contribution in [3.63, 3.8) is 0 Å². The summed E-state index contributed by atoms with van der Waals surface area (Å²) in [6, 6.07) is 6.04. The number of nitrogens with two attached hydrogens (primary N) is 1. The summed E-state index contributed by atoms with van der Waals surface area (Å²) in [4.78, 5) is 20.7. The molecule has 0 aliphatic heterocycles. The Morgan fingerprint density at radius 3 is 3.12 bits per heavy atom. The maximum Gasteiger partial charge on any atom is 0.223 e. The van der Waals surface area contributed by atoms with Gasteiger partial charge in [0.1, 0.15) is 10.5 Å². The number of nitrogens with one attached hydrogen (secondary N) is 2. The van der Waals surface area contributed by atoms with Gasteiger partial charge in [-0.2, -0.15) is 4.98 Å². The van der Waals surface area contributed by atoms with Crippen molar-refractivity contribution in [3.8, 4) is 0 Å². The lowest BCUT2D eigenvalue weighted by molar-refractivity contribution is 1.01. The molecule has 7 nitrogen and oxygen atoms in total. The number of rotatable bonds is 5. The number of imidazole rings is 1. The second-order valence-corrected chi connectivity index (χ2v) is 8.04. The lowest BCUT2D eigenvalue weighted by atomic mass is 10.2. The molecular weight excluding hydrogens is 386 g/mol. The van der Waals surface area contributed by atoms with Gasteiger partial charge in [0.05, 0.1) is 32.3 Å². The summed E-state index contributed by atoms with van der Waals surface area (Å²) in [7, 11) is 0. The van der Waals surface area contributed by atoms with Crippen LogP contribution in [0.15, 0.2) is 35.1 Å². The predicted octanol–water partition coefficient (Wildman–Crippen LogP) is 3.86. The normalized spacial score (nSPS) is 12.5. The van der Waals surface area contributed by atoms with E-state index < -0.39 is 0 Å². The average molecular weight is 402 g/mol. The van der Waals surface area contributed by atoms with Crippen molar-refractivity contribution < 1.29 is 0 Å². The Morgan fingerprint density at radius 1 is 1.38 bits per heavy atom. The number of benzene rings is 1. The van der Waals surface area contributed by atoms with Crippen LogP contribution in [0.3, 0.4) is 0 Å². The molecule has 10 heteroatoms. The average Bonchev–Trinajstić information content (AvgIpc) is 3.27. The van der Waals surface area contributed by atoms with Gasteiger partial charge in [-0.15, -0.1) is 11.3 Å². The van der Waals surface area contributed by atoms with Gasteiger partial charge in [-0.25, -0.2) is 15.0 Å². The lowest BCUT2D eigenvalue weighted by Crippen LogP contribution is -2.22. The quantitative estimate of drug-likeness (QED) is 0.263. The molecule has 1 aromatic carbocycles. The molecule has 3 aromatic heterocycles. The molecule has 3 heterocycles. The van der Waals surface area contributed by atoms with Crippen LogP contribution in [-0.2, 0) is 0 Å². The van der Waals surface area contributed by atoms with E-state index in [0.717, 1.165) is 37.9 Å². The molecule has 0 fully saturated rings. The van der Waals surface area contributed by atoms with Gasteiger partial charge in [-0.3, -0.25) is 0 Å². The molecule has 0 aliphatic rings. The summed E-state index contributed by atoms with van der Waals surface area (Å²) in [5.74, 6) is 0.205. The summed E-state index contributed by atoms with van der Waals surface area (Å²) in [5.41, 5.74) is 10.9. The number of anilines is 2. The highest BCUT2D eigenvalue weighted by molar-refractivity contribution is 8.02. The third-order valence-electron chi connectivity index (χ3n) is 3.79. The van der Waals surface area contributed by atoms with Crippen molar-refractivity contribution in [2.45, 2.75) is 23.6 Å². The Bertz CT molecular complexity index is 1090. The van der Waals surface area contributed by atoms with E-state index in [9.17, 15) is 0 Å². The zero-order valence-corrected chi connectivity index (χ0v) is 16.2. The van der Waals surface area contributed by atoms with Gasteiger partial charge in [-0.1, -0.05) is 30.9 Å². The number of aromatic nitrogens is 5. The summed E-state index contributed by atoms with van der Waals surface area (Å²) in [5, 5.41) is 4.13. The second-order valence-electron chi connectivity index (χ2n) is 5.53. The second kappa shape index (κ2) is 7.14. The van der Waals surface area contributed by atoms with Crippen molar-refractivity contribution >= 4 is 73.3 Å². The van der Waals surface area contributed by atoms with Gasteiger partial charge in [0.15, 0.2) is 5.65 Å². The number of H-pyrrole nitrogens is 1. The first kappa shape index (κ1) is 17.1. The van der Waals surface area contributed by atoms with E-state index in [1.54, 1.807) is 29.4 Å². The van der Waals surface area contributed by atoms with Crippen LogP contribution in [0.5, 0.6) is 0 Å². The number of hydrogen-bond acceptors (Lipinski definition) is 8. The number of aromatic amines is 1. The molecule has 0 unspecified atom stereocenters. The molecule has 0 radical (unpaired) electrons. The number of nitrogen functional groups attached to an aromatic ring is 1. The van der Waals surface area contributed by atoms with E-state index in [1.165, 1.54) is 0 Å². The molecule has 1 atom stereocenters. The minimum atomic E-state index is 0.0444. The smallest absolute Gasteiger partial charge is 0.223 e. The van der Waals surface area contributed by atoms with Gasteiger partial charge in [0, 0.05) is 5.69 Å². The lowest BCUT2D eigenvalue weighted by Gasteiger charge is -2.17. The molecular formula is C16H15N7S3. The first-order chi connectivity index (χ1) is 12.6. The first-order valence-corrected chi connectivity index (χ1v) is 10.1. The monoisotopic (exact) mass is 401 g/mol. The molecule has 4 aromatic rings. The zero-order valence-electron chi connectivity index (χ0n) is 13.8. The summed E-state index contributed by atoms with van der Waals surface area (Å²) in [6.07, 6.45) is 2.43.